The number of nitrogens with two attached hydrogens (primary N) is 1. The SMILES string of the molecule is CN(C)c1ccc(/C=N\Nc2nncn2N)cc1[N+](=O)[O-]. The summed E-state index contributed by atoms with van der Waals surface area (Å²) in [5.74, 6) is 5.75. The molecule has 0 saturated carbocycles. The summed E-state index contributed by atoms with van der Waals surface area (Å²) in [7, 11) is 3.48. The number of nitro benzene ring substituents is 1. The van der Waals surface area contributed by atoms with Crippen LogP contribution in [0.4, 0.5) is 17.3 Å². The van der Waals surface area contributed by atoms with Crippen LogP contribution in [0.3, 0.4) is 0 Å². The van der Waals surface area contributed by atoms with Gasteiger partial charge in [-0.15, -0.1) is 10.2 Å². The zero-order valence-electron chi connectivity index (χ0n) is 11.5. The number of aromatic nitrogens is 3. The van der Waals surface area contributed by atoms with Crippen molar-refractivity contribution >= 4 is 23.5 Å². The van der Waals surface area contributed by atoms with Crippen LogP contribution in [0.25, 0.3) is 0 Å². The third-order valence-electron chi connectivity index (χ3n) is 2.63. The minimum absolute atomic E-state index is 0.00550. The second-order valence-corrected chi connectivity index (χ2v) is 4.33. The fraction of sp³-hybridized carbons (Fsp3) is 0.182. The molecule has 1 heterocycles. The highest BCUT2D eigenvalue weighted by atomic mass is 16.6. The van der Waals surface area contributed by atoms with E-state index in [-0.39, 0.29) is 11.6 Å². The minimum atomic E-state index is -0.434. The van der Waals surface area contributed by atoms with Gasteiger partial charge in [-0.2, -0.15) is 5.10 Å². The summed E-state index contributed by atoms with van der Waals surface area (Å²) in [6, 6.07) is 4.82. The summed E-state index contributed by atoms with van der Waals surface area (Å²) in [5.41, 5.74) is 3.68. The first-order chi connectivity index (χ1) is 9.99. The van der Waals surface area contributed by atoms with Gasteiger partial charge in [-0.3, -0.25) is 10.1 Å². The number of nitrogens with one attached hydrogen (secondary N) is 1. The molecule has 1 aromatic carbocycles. The molecule has 0 unspecified atom stereocenters. The fourth-order valence-corrected chi connectivity index (χ4v) is 1.63. The van der Waals surface area contributed by atoms with Crippen molar-refractivity contribution in [1.82, 2.24) is 14.9 Å². The van der Waals surface area contributed by atoms with Crippen LogP contribution in [0, 0.1) is 10.1 Å². The number of hydrogen-bond acceptors (Lipinski definition) is 8. The molecule has 0 aliphatic carbocycles. The molecule has 0 radical (unpaired) electrons. The van der Waals surface area contributed by atoms with Crippen LogP contribution in [0.5, 0.6) is 0 Å². The fourth-order valence-electron chi connectivity index (χ4n) is 1.63. The number of nitrogen functional groups attached to an aromatic ring is 1. The van der Waals surface area contributed by atoms with Gasteiger partial charge in [0.15, 0.2) is 0 Å². The largest absolute Gasteiger partial charge is 0.372 e. The standard InChI is InChI=1S/C11H14N8O2/c1-17(2)9-4-3-8(5-10(9)19(20)21)6-13-15-11-16-14-7-18(11)12/h3-7H,12H2,1-2H3,(H,15,16)/b13-6-. The van der Waals surface area contributed by atoms with Gasteiger partial charge in [0, 0.05) is 25.7 Å². The Bertz CT molecular complexity index is 679. The van der Waals surface area contributed by atoms with E-state index in [1.54, 1.807) is 31.1 Å². The lowest BCUT2D eigenvalue weighted by Gasteiger charge is -2.12. The highest BCUT2D eigenvalue weighted by Crippen LogP contribution is 2.27. The number of benzene rings is 1. The number of rotatable bonds is 5. The van der Waals surface area contributed by atoms with Crippen LogP contribution >= 0.6 is 0 Å². The Hall–Kier alpha value is -3.17. The minimum Gasteiger partial charge on any atom is -0.372 e. The van der Waals surface area contributed by atoms with Crippen molar-refractivity contribution in [3.05, 3.63) is 40.2 Å². The second kappa shape index (κ2) is 5.86. The third-order valence-corrected chi connectivity index (χ3v) is 2.63. The molecular weight excluding hydrogens is 276 g/mol. The molecule has 0 amide bonds. The van der Waals surface area contributed by atoms with Crippen molar-refractivity contribution in [1.29, 1.82) is 0 Å². The molecule has 0 spiro atoms. The molecule has 10 heteroatoms. The average Bonchev–Trinajstić information content (AvgIpc) is 2.84. The van der Waals surface area contributed by atoms with Crippen molar-refractivity contribution < 1.29 is 4.92 Å². The molecule has 0 atom stereocenters. The lowest BCUT2D eigenvalue weighted by molar-refractivity contribution is -0.384. The predicted molar refractivity (Wildman–Crippen MR) is 78.8 cm³/mol. The smallest absolute Gasteiger partial charge is 0.293 e. The Kier molecular flexibility index (Phi) is 3.97. The van der Waals surface area contributed by atoms with Gasteiger partial charge in [-0.25, -0.2) is 10.1 Å². The van der Waals surface area contributed by atoms with Crippen LogP contribution in [-0.4, -0.2) is 40.1 Å². The molecule has 0 aliphatic rings. The molecule has 21 heavy (non-hydrogen) atoms. The summed E-state index contributed by atoms with van der Waals surface area (Å²) in [6.07, 6.45) is 2.75. The maximum atomic E-state index is 11.1. The molecule has 110 valence electrons. The Balaban J connectivity index is 2.19. The predicted octanol–water partition coefficient (Wildman–Crippen LogP) is 0.412. The zero-order valence-corrected chi connectivity index (χ0v) is 11.5. The Morgan fingerprint density at radius 1 is 1.52 bits per heavy atom. The molecule has 0 saturated heterocycles. The Labute approximate surface area is 120 Å². The van der Waals surface area contributed by atoms with E-state index >= 15 is 0 Å². The van der Waals surface area contributed by atoms with E-state index in [1.165, 1.54) is 18.6 Å². The first kappa shape index (κ1) is 14.2. The monoisotopic (exact) mass is 290 g/mol. The molecule has 0 aliphatic heterocycles. The highest BCUT2D eigenvalue weighted by molar-refractivity contribution is 5.83. The zero-order chi connectivity index (χ0) is 15.4. The van der Waals surface area contributed by atoms with Crippen LogP contribution < -0.4 is 16.2 Å². The number of anilines is 2. The van der Waals surface area contributed by atoms with Crippen molar-refractivity contribution in [2.24, 2.45) is 5.10 Å². The van der Waals surface area contributed by atoms with Gasteiger partial charge in [0.25, 0.3) is 11.6 Å². The van der Waals surface area contributed by atoms with E-state index in [9.17, 15) is 10.1 Å². The highest BCUT2D eigenvalue weighted by Gasteiger charge is 2.15. The summed E-state index contributed by atoms with van der Waals surface area (Å²) in [5, 5.41) is 22.2. The van der Waals surface area contributed by atoms with E-state index in [4.69, 9.17) is 5.84 Å². The van der Waals surface area contributed by atoms with E-state index in [2.05, 4.69) is 20.7 Å². The molecule has 3 N–H and O–H groups in total. The summed E-state index contributed by atoms with van der Waals surface area (Å²) < 4.78 is 1.16. The van der Waals surface area contributed by atoms with Gasteiger partial charge in [0.1, 0.15) is 12.0 Å². The number of hydrogen-bond donors (Lipinski definition) is 2. The first-order valence-corrected chi connectivity index (χ1v) is 5.89. The van der Waals surface area contributed by atoms with Gasteiger partial charge in [-0.1, -0.05) is 6.07 Å². The number of nitro groups is 1. The number of nitrogens with zero attached hydrogens (tertiary/aromatic N) is 6. The third kappa shape index (κ3) is 3.23. The average molecular weight is 290 g/mol. The van der Waals surface area contributed by atoms with Crippen LogP contribution in [0.15, 0.2) is 29.6 Å². The lowest BCUT2D eigenvalue weighted by atomic mass is 10.2. The van der Waals surface area contributed by atoms with Crippen LogP contribution in [0.1, 0.15) is 5.56 Å². The quantitative estimate of drug-likeness (QED) is 0.353. The van der Waals surface area contributed by atoms with E-state index in [1.807, 2.05) is 0 Å². The normalized spacial score (nSPS) is 10.8. The maximum Gasteiger partial charge on any atom is 0.293 e. The molecule has 10 nitrogen and oxygen atoms in total. The summed E-state index contributed by atoms with van der Waals surface area (Å²) in [6.45, 7) is 0. The molecular formula is C11H14N8O2. The summed E-state index contributed by atoms with van der Waals surface area (Å²) in [4.78, 5) is 12.3. The van der Waals surface area contributed by atoms with Gasteiger partial charge in [-0.05, 0) is 6.07 Å². The van der Waals surface area contributed by atoms with E-state index in [0.717, 1.165) is 4.68 Å². The molecule has 2 rings (SSSR count). The van der Waals surface area contributed by atoms with Crippen LogP contribution in [0.2, 0.25) is 0 Å². The molecule has 1 aromatic heterocycles. The van der Waals surface area contributed by atoms with Crippen molar-refractivity contribution in [2.75, 3.05) is 30.3 Å². The van der Waals surface area contributed by atoms with Gasteiger partial charge < -0.3 is 10.7 Å². The molecule has 0 fully saturated rings. The second-order valence-electron chi connectivity index (χ2n) is 4.33. The molecule has 2 aromatic rings. The van der Waals surface area contributed by atoms with Crippen LogP contribution in [-0.2, 0) is 0 Å². The topological polar surface area (TPSA) is 128 Å². The van der Waals surface area contributed by atoms with Gasteiger partial charge >= 0.3 is 0 Å². The Morgan fingerprint density at radius 2 is 2.29 bits per heavy atom. The van der Waals surface area contributed by atoms with Crippen molar-refractivity contribution in [3.8, 4) is 0 Å². The summed E-state index contributed by atoms with van der Waals surface area (Å²) >= 11 is 0. The van der Waals surface area contributed by atoms with Crippen molar-refractivity contribution in [3.63, 3.8) is 0 Å². The number of hydrazone groups is 1. The van der Waals surface area contributed by atoms with E-state index in [0.29, 0.717) is 11.3 Å². The van der Waals surface area contributed by atoms with Crippen molar-refractivity contribution in [2.45, 2.75) is 0 Å². The lowest BCUT2D eigenvalue weighted by Crippen LogP contribution is -2.11. The first-order valence-electron chi connectivity index (χ1n) is 5.89. The van der Waals surface area contributed by atoms with Gasteiger partial charge in [0.05, 0.1) is 11.1 Å². The van der Waals surface area contributed by atoms with Gasteiger partial charge in [0.2, 0.25) is 0 Å². The maximum absolute atomic E-state index is 11.1. The van der Waals surface area contributed by atoms with E-state index < -0.39 is 4.92 Å². The Morgan fingerprint density at radius 3 is 2.86 bits per heavy atom. The molecule has 0 bridgehead atoms.